The number of likely N-dealkylation sites (N-methyl/N-ethyl adjacent to an activating group) is 1. The molecular weight excluding hydrogens is 286 g/mol. The number of anilines is 1. The normalized spacial score (nSPS) is 23.8. The summed E-state index contributed by atoms with van der Waals surface area (Å²) in [4.78, 5) is 16.8. The largest absolute Gasteiger partial charge is 0.371 e. The van der Waals surface area contributed by atoms with Crippen LogP contribution in [0.4, 0.5) is 5.69 Å². The van der Waals surface area contributed by atoms with Crippen LogP contribution in [0.2, 0.25) is 0 Å². The number of benzene rings is 1. The topological polar surface area (TPSA) is 35.6 Å². The van der Waals surface area contributed by atoms with Gasteiger partial charge in [-0.25, -0.2) is 0 Å². The zero-order valence-electron chi connectivity index (χ0n) is 14.8. The van der Waals surface area contributed by atoms with E-state index in [9.17, 15) is 4.79 Å². The average Bonchev–Trinajstić information content (AvgIpc) is 3.30. The highest BCUT2D eigenvalue weighted by atomic mass is 16.1. The molecule has 4 nitrogen and oxygen atoms in total. The van der Waals surface area contributed by atoms with Crippen molar-refractivity contribution < 1.29 is 4.79 Å². The van der Waals surface area contributed by atoms with Gasteiger partial charge in [0.2, 0.25) is 0 Å². The Morgan fingerprint density at radius 3 is 2.74 bits per heavy atom. The van der Waals surface area contributed by atoms with Crippen molar-refractivity contribution in [3.05, 3.63) is 29.3 Å². The van der Waals surface area contributed by atoms with Crippen molar-refractivity contribution in [2.24, 2.45) is 11.8 Å². The molecule has 1 N–H and O–H groups in total. The Morgan fingerprint density at radius 1 is 1.35 bits per heavy atom. The summed E-state index contributed by atoms with van der Waals surface area (Å²) < 4.78 is 0. The lowest BCUT2D eigenvalue weighted by molar-refractivity contribution is 0.0951. The Balaban J connectivity index is 1.72. The molecule has 1 aliphatic heterocycles. The number of carbonyl (C=O) groups is 1. The van der Waals surface area contributed by atoms with Crippen LogP contribution in [0.1, 0.15) is 35.7 Å². The summed E-state index contributed by atoms with van der Waals surface area (Å²) in [6, 6.07) is 6.87. The first-order chi connectivity index (χ1) is 11.0. The number of hydrogen-bond donors (Lipinski definition) is 1. The van der Waals surface area contributed by atoms with E-state index in [1.165, 1.54) is 24.1 Å². The first-order valence-corrected chi connectivity index (χ1v) is 8.76. The third-order valence-corrected chi connectivity index (χ3v) is 5.24. The molecule has 3 rings (SSSR count). The number of rotatable bonds is 5. The van der Waals surface area contributed by atoms with Gasteiger partial charge in [0.1, 0.15) is 0 Å². The van der Waals surface area contributed by atoms with Crippen molar-refractivity contribution in [2.75, 3.05) is 39.1 Å². The molecule has 1 amide bonds. The monoisotopic (exact) mass is 315 g/mol. The van der Waals surface area contributed by atoms with Gasteiger partial charge in [-0.15, -0.1) is 0 Å². The van der Waals surface area contributed by atoms with Gasteiger partial charge in [0.05, 0.1) is 0 Å². The minimum atomic E-state index is 0.0364. The Morgan fingerprint density at radius 2 is 2.09 bits per heavy atom. The predicted octanol–water partition coefficient (Wildman–Crippen LogP) is 2.38. The molecule has 4 heteroatoms. The maximum atomic E-state index is 12.3. The maximum absolute atomic E-state index is 12.3. The van der Waals surface area contributed by atoms with E-state index >= 15 is 0 Å². The van der Waals surface area contributed by atoms with Gasteiger partial charge in [-0.3, -0.25) is 4.79 Å². The highest BCUT2D eigenvalue weighted by Gasteiger charge is 2.40. The Labute approximate surface area is 139 Å². The summed E-state index contributed by atoms with van der Waals surface area (Å²) in [5.41, 5.74) is 3.41. The molecule has 1 aromatic rings. The number of hydrogen-bond acceptors (Lipinski definition) is 3. The summed E-state index contributed by atoms with van der Waals surface area (Å²) >= 11 is 0. The molecule has 2 atom stereocenters. The van der Waals surface area contributed by atoms with E-state index < -0.39 is 0 Å². The van der Waals surface area contributed by atoms with Crippen LogP contribution in [0.25, 0.3) is 0 Å². The van der Waals surface area contributed by atoms with Crippen LogP contribution in [-0.4, -0.2) is 51.1 Å². The molecule has 1 aliphatic carbocycles. The maximum Gasteiger partial charge on any atom is 0.251 e. The predicted molar refractivity (Wildman–Crippen MR) is 95.1 cm³/mol. The minimum absolute atomic E-state index is 0.0364. The zero-order chi connectivity index (χ0) is 16.6. The molecule has 1 aromatic carbocycles. The summed E-state index contributed by atoms with van der Waals surface area (Å²) in [6.07, 6.45) is 3.84. The second-order valence-electron chi connectivity index (χ2n) is 7.52. The zero-order valence-corrected chi connectivity index (χ0v) is 14.8. The second-order valence-corrected chi connectivity index (χ2v) is 7.52. The van der Waals surface area contributed by atoms with Gasteiger partial charge in [-0.05, 0) is 69.0 Å². The Bertz CT molecular complexity index is 580. The number of nitrogens with one attached hydrogen (secondary N) is 1. The Kier molecular flexibility index (Phi) is 4.62. The first kappa shape index (κ1) is 16.3. The molecule has 0 spiro atoms. The molecule has 2 aliphatic rings. The van der Waals surface area contributed by atoms with Gasteiger partial charge in [-0.1, -0.05) is 6.92 Å². The summed E-state index contributed by atoms with van der Waals surface area (Å²) in [6.45, 7) is 3.90. The number of fused-ring (bicyclic) bond motifs is 1. The van der Waals surface area contributed by atoms with Crippen molar-refractivity contribution in [3.63, 3.8) is 0 Å². The van der Waals surface area contributed by atoms with E-state index in [-0.39, 0.29) is 5.91 Å². The van der Waals surface area contributed by atoms with E-state index in [4.69, 9.17) is 0 Å². The number of carbonyl (C=O) groups excluding carboxylic acids is 1. The third kappa shape index (κ3) is 3.52. The van der Waals surface area contributed by atoms with Gasteiger partial charge in [0, 0.05) is 37.4 Å². The molecule has 126 valence electrons. The molecular formula is C19H29N3O. The van der Waals surface area contributed by atoms with E-state index in [2.05, 4.69) is 41.2 Å². The fraction of sp³-hybridized carbons (Fsp3) is 0.632. The molecule has 1 fully saturated rings. The highest BCUT2D eigenvalue weighted by Crippen LogP contribution is 2.44. The standard InChI is InChI=1S/C19H29N3O/c1-13-11-16-12-15(19(23)20-9-10-21(2)3)7-8-17(16)22(4)18(13)14-5-6-14/h7-8,12-14,18H,5-6,9-11H2,1-4H3,(H,20,23)/t13?,18-/m1/s1. The number of amides is 1. The van der Waals surface area contributed by atoms with Crippen LogP contribution in [0, 0.1) is 11.8 Å². The summed E-state index contributed by atoms with van der Waals surface area (Å²) in [7, 11) is 6.24. The fourth-order valence-corrected chi connectivity index (χ4v) is 3.96. The van der Waals surface area contributed by atoms with Crippen LogP contribution in [0.3, 0.4) is 0 Å². The Hall–Kier alpha value is -1.55. The van der Waals surface area contributed by atoms with Crippen LogP contribution in [0.15, 0.2) is 18.2 Å². The van der Waals surface area contributed by atoms with Gasteiger partial charge >= 0.3 is 0 Å². The molecule has 0 saturated heterocycles. The first-order valence-electron chi connectivity index (χ1n) is 8.76. The van der Waals surface area contributed by atoms with Gasteiger partial charge in [-0.2, -0.15) is 0 Å². The van der Waals surface area contributed by atoms with E-state index in [0.717, 1.165) is 24.4 Å². The van der Waals surface area contributed by atoms with E-state index in [1.54, 1.807) is 0 Å². The molecule has 1 saturated carbocycles. The van der Waals surface area contributed by atoms with Gasteiger partial charge < -0.3 is 15.1 Å². The van der Waals surface area contributed by atoms with Crippen molar-refractivity contribution in [1.29, 1.82) is 0 Å². The van der Waals surface area contributed by atoms with Crippen molar-refractivity contribution in [3.8, 4) is 0 Å². The summed E-state index contributed by atoms with van der Waals surface area (Å²) in [5.74, 6) is 1.57. The molecule has 23 heavy (non-hydrogen) atoms. The second kappa shape index (κ2) is 6.52. The molecule has 1 unspecified atom stereocenters. The molecule has 1 heterocycles. The van der Waals surface area contributed by atoms with Crippen LogP contribution in [-0.2, 0) is 6.42 Å². The van der Waals surface area contributed by atoms with Crippen LogP contribution in [0.5, 0.6) is 0 Å². The fourth-order valence-electron chi connectivity index (χ4n) is 3.96. The van der Waals surface area contributed by atoms with Gasteiger partial charge in [0.15, 0.2) is 0 Å². The van der Waals surface area contributed by atoms with Crippen molar-refractivity contribution >= 4 is 11.6 Å². The van der Waals surface area contributed by atoms with Crippen LogP contribution >= 0.6 is 0 Å². The van der Waals surface area contributed by atoms with Gasteiger partial charge in [0.25, 0.3) is 5.91 Å². The highest BCUT2D eigenvalue weighted by molar-refractivity contribution is 5.95. The molecule has 0 aromatic heterocycles. The SMILES string of the molecule is CC1Cc2cc(C(=O)NCCN(C)C)ccc2N(C)[C@H]1C1CC1. The van der Waals surface area contributed by atoms with E-state index in [0.29, 0.717) is 18.5 Å². The lowest BCUT2D eigenvalue weighted by atomic mass is 9.84. The molecule has 0 radical (unpaired) electrons. The smallest absolute Gasteiger partial charge is 0.251 e. The molecule has 0 bridgehead atoms. The quantitative estimate of drug-likeness (QED) is 0.906. The lowest BCUT2D eigenvalue weighted by Gasteiger charge is -2.41. The summed E-state index contributed by atoms with van der Waals surface area (Å²) in [5, 5.41) is 3.00. The number of nitrogens with zero attached hydrogens (tertiary/aromatic N) is 2. The minimum Gasteiger partial charge on any atom is -0.371 e. The average molecular weight is 315 g/mol. The van der Waals surface area contributed by atoms with E-state index in [1.807, 2.05) is 20.2 Å². The lowest BCUT2D eigenvalue weighted by Crippen LogP contribution is -2.43. The third-order valence-electron chi connectivity index (χ3n) is 5.24. The van der Waals surface area contributed by atoms with Crippen LogP contribution < -0.4 is 10.2 Å². The van der Waals surface area contributed by atoms with Crippen molar-refractivity contribution in [2.45, 2.75) is 32.2 Å². The van der Waals surface area contributed by atoms with Crippen molar-refractivity contribution in [1.82, 2.24) is 10.2 Å².